The molecule has 27 heteroatoms. The summed E-state index contributed by atoms with van der Waals surface area (Å²) >= 11 is 5.21. The molecule has 2 amide bonds. The van der Waals surface area contributed by atoms with E-state index in [0.29, 0.717) is 19.1 Å². The number of H-pyrrole nitrogens is 1. The Labute approximate surface area is 345 Å². The van der Waals surface area contributed by atoms with E-state index in [9.17, 15) is 33.1 Å². The predicted molar refractivity (Wildman–Crippen MR) is 221 cm³/mol. The molecule has 1 aliphatic carbocycles. The van der Waals surface area contributed by atoms with Gasteiger partial charge in [0.2, 0.25) is 5.95 Å². The van der Waals surface area contributed by atoms with Crippen molar-refractivity contribution < 1.29 is 65.4 Å². The lowest BCUT2D eigenvalue weighted by Gasteiger charge is -2.22. The zero-order valence-corrected chi connectivity index (χ0v) is 37.6. The molecule has 0 radical (unpaired) electrons. The number of rotatable bonds is 24. The Bertz CT molecular complexity index is 1860. The number of fused-ring (bicyclic) bond motifs is 1. The molecule has 0 spiro atoms. The second-order valence-corrected chi connectivity index (χ2v) is 23.7. The van der Waals surface area contributed by atoms with Crippen molar-refractivity contribution >= 4 is 83.3 Å². The van der Waals surface area contributed by atoms with Crippen LogP contribution in [0.5, 0.6) is 0 Å². The van der Waals surface area contributed by atoms with E-state index in [0.717, 1.165) is 32.1 Å². The fourth-order valence-electron chi connectivity index (χ4n) is 5.65. The molecule has 4 unspecified atom stereocenters. The number of hydrogen-bond acceptors (Lipinski definition) is 16. The van der Waals surface area contributed by atoms with Gasteiger partial charge in [-0.3, -0.25) is 14.3 Å². The van der Waals surface area contributed by atoms with Crippen LogP contribution in [-0.2, 0) is 61.7 Å². The first kappa shape index (κ1) is 50.2. The minimum atomic E-state index is -5.75. The summed E-state index contributed by atoms with van der Waals surface area (Å²) in [5.74, 6) is 5.55. The van der Waals surface area contributed by atoms with Gasteiger partial charge in [-0.25, -0.2) is 23.5 Å². The van der Waals surface area contributed by atoms with Crippen LogP contribution in [0.1, 0.15) is 76.5 Å². The number of carbonyl (C=O) groups excluding carboxylic acids is 1. The first-order valence-corrected chi connectivity index (χ1v) is 27.0. The number of amides is 2. The third-order valence-corrected chi connectivity index (χ3v) is 15.5. The number of aromatic amines is 1. The molecule has 2 heterocycles. The minimum Gasteiger partial charge on any atom is -0.370 e. The van der Waals surface area contributed by atoms with Crippen LogP contribution in [-0.4, -0.2) is 103 Å². The lowest BCUT2D eigenvalue weighted by atomic mass is 9.97. The largest absolute Gasteiger partial charge is 0.490 e. The van der Waals surface area contributed by atoms with Crippen LogP contribution in [0.2, 0.25) is 0 Å². The van der Waals surface area contributed by atoms with Gasteiger partial charge in [0.25, 0.3) is 5.56 Å². The topological polar surface area (TPSA) is 300 Å². The number of nitrogens with zero attached hydrogens (tertiary/aromatic N) is 1. The molecule has 2 aliphatic rings. The van der Waals surface area contributed by atoms with Gasteiger partial charge < -0.3 is 50.2 Å². The summed E-state index contributed by atoms with van der Waals surface area (Å²) in [5, 5.41) is 5.44. The highest BCUT2D eigenvalue weighted by Gasteiger charge is 2.46. The summed E-state index contributed by atoms with van der Waals surface area (Å²) in [6.45, 7) is 6.96. The van der Waals surface area contributed by atoms with E-state index < -0.39 is 75.3 Å². The third kappa shape index (κ3) is 18.5. The molecule has 57 heavy (non-hydrogen) atoms. The zero-order chi connectivity index (χ0) is 42.4. The number of anilines is 1. The molecule has 9 N–H and O–H groups in total. The minimum absolute atomic E-state index is 0.0411. The molecular formula is C30H50N5O15P3S4. The molecule has 7 atom stereocenters. The normalized spacial score (nSPS) is 22.1. The van der Waals surface area contributed by atoms with Crippen LogP contribution in [0, 0.1) is 11.8 Å². The molecule has 324 valence electrons. The number of urea groups is 1. The molecule has 1 fully saturated rings. The third-order valence-electron chi connectivity index (χ3n) is 7.87. The molecule has 1 aromatic heterocycles. The Kier molecular flexibility index (Phi) is 20.4. The van der Waals surface area contributed by atoms with E-state index >= 15 is 0 Å². The molecular weight excluding hydrogens is 892 g/mol. The number of allylic oxidation sites excluding steroid dienone is 1. The van der Waals surface area contributed by atoms with Gasteiger partial charge in [-0.05, 0) is 57.0 Å². The van der Waals surface area contributed by atoms with Crippen LogP contribution in [0.25, 0.3) is 5.57 Å². The van der Waals surface area contributed by atoms with Gasteiger partial charge >= 0.3 is 29.5 Å². The Balaban J connectivity index is 1.56. The number of phosphoric ester groups is 1. The summed E-state index contributed by atoms with van der Waals surface area (Å²) in [7, 11) is -13.9. The van der Waals surface area contributed by atoms with Gasteiger partial charge in [0, 0.05) is 35.8 Å². The molecule has 0 bridgehead atoms. The summed E-state index contributed by atoms with van der Waals surface area (Å²) in [6, 6.07) is -0.406. The molecule has 3 rings (SSSR count). The molecule has 0 aromatic carbocycles. The van der Waals surface area contributed by atoms with Crippen molar-refractivity contribution in [1.29, 1.82) is 0 Å². The summed E-state index contributed by atoms with van der Waals surface area (Å²) in [6.07, 6.45) is 5.61. The Morgan fingerprint density at radius 1 is 1.18 bits per heavy atom. The average Bonchev–Trinajstić information content (AvgIpc) is 3.65. The Morgan fingerprint density at radius 3 is 2.60 bits per heavy atom. The number of nitrogens with one attached hydrogen (secondary N) is 3. The second-order valence-electron chi connectivity index (χ2n) is 13.3. The summed E-state index contributed by atoms with van der Waals surface area (Å²) in [5.41, 5.74) is 5.95. The number of nitrogen functional groups attached to an aromatic ring is 1. The van der Waals surface area contributed by atoms with Gasteiger partial charge in [-0.1, -0.05) is 62.3 Å². The first-order chi connectivity index (χ1) is 26.6. The zero-order valence-electron chi connectivity index (χ0n) is 31.7. The molecule has 0 saturated carbocycles. The van der Waals surface area contributed by atoms with Crippen LogP contribution in [0.15, 0.2) is 10.9 Å². The van der Waals surface area contributed by atoms with Gasteiger partial charge in [-0.2, -0.15) is 8.62 Å². The number of ether oxygens (including phenoxy) is 3. The number of nitrogens with two attached hydrogens (primary N) is 1. The van der Waals surface area contributed by atoms with E-state index in [1.165, 1.54) is 0 Å². The van der Waals surface area contributed by atoms with E-state index in [4.69, 9.17) is 45.4 Å². The molecule has 1 saturated heterocycles. The van der Waals surface area contributed by atoms with E-state index in [1.54, 1.807) is 23.1 Å². The Hall–Kier alpha value is -1.19. The highest BCUT2D eigenvalue weighted by Crippen LogP contribution is 2.66. The number of carbonyl (C=O) groups is 1. The van der Waals surface area contributed by atoms with Crippen LogP contribution >= 0.6 is 45.1 Å². The molecule has 1 aliphatic heterocycles. The number of hydrogen-bond donors (Lipinski definition) is 8. The quantitative estimate of drug-likeness (QED) is 0.0240. The fraction of sp³-hybridized carbons (Fsp3) is 0.700. The van der Waals surface area contributed by atoms with Crippen LogP contribution in [0.3, 0.4) is 0 Å². The highest BCUT2D eigenvalue weighted by molar-refractivity contribution is 8.77. The van der Waals surface area contributed by atoms with Crippen molar-refractivity contribution in [2.75, 3.05) is 50.2 Å². The fourth-order valence-corrected chi connectivity index (χ4v) is 11.6. The standard InChI is InChI=1S/C30H50N5O15P3S4/c1-5-11-30(2,3)56-55-18-45-14-8-6-7-12-32-29(37)33-13-9-10-20-15-21(26-25(20)27(36)35-28(31)34-26)22-16-23(46-19-57(4)54)24(48-22)17-47-52(41,42)50-53(43,44)49-51(38,39)40/h15,21-24H,5-8,11-14,16-19H2,1-4H3,(H,41,42)(H,43,44)(H2,32,33,37)(H2,38,39,40)(H3,31,34,35,36)/t21?,22-,23+,24-,57?/m1/s1. The number of unbranched alkanes of at least 4 members (excludes halogenated alkanes) is 2. The maximum absolute atomic E-state index is 13.0. The number of phosphoric acid groups is 3. The van der Waals surface area contributed by atoms with Gasteiger partial charge in [-0.15, -0.1) is 0 Å². The van der Waals surface area contributed by atoms with Gasteiger partial charge in [0.1, 0.15) is 12.0 Å². The summed E-state index contributed by atoms with van der Waals surface area (Å²) in [4.78, 5) is 69.1. The van der Waals surface area contributed by atoms with Gasteiger partial charge in [0.05, 0.1) is 42.6 Å². The molecule has 1 aromatic rings. The van der Waals surface area contributed by atoms with Crippen LogP contribution < -0.4 is 21.9 Å². The van der Waals surface area contributed by atoms with Crippen molar-refractivity contribution in [3.05, 3.63) is 27.7 Å². The SMILES string of the molecule is CCCC(C)(C)SSCOCCCCCNC(=O)NCC#CC1=CC([C@H]2C[C@H](OCS(C)=S)[C@@H](COP(=O)(O)OP(=O)(O)OP(=O)(O)O)O2)c2nc(N)[nH]c(=O)c21. The maximum atomic E-state index is 13.0. The van der Waals surface area contributed by atoms with Crippen molar-refractivity contribution in [2.45, 2.75) is 88.3 Å². The van der Waals surface area contributed by atoms with Crippen LogP contribution in [0.4, 0.5) is 10.7 Å². The van der Waals surface area contributed by atoms with E-state index in [2.05, 4.69) is 61.8 Å². The average molecular weight is 942 g/mol. The number of aromatic nitrogens is 2. The monoisotopic (exact) mass is 941 g/mol. The Morgan fingerprint density at radius 2 is 1.91 bits per heavy atom. The van der Waals surface area contributed by atoms with E-state index in [-0.39, 0.29) is 46.4 Å². The molecule has 20 nitrogen and oxygen atoms in total. The van der Waals surface area contributed by atoms with Crippen molar-refractivity contribution in [2.24, 2.45) is 0 Å². The van der Waals surface area contributed by atoms with Crippen molar-refractivity contribution in [3.63, 3.8) is 0 Å². The second kappa shape index (κ2) is 23.1. The maximum Gasteiger partial charge on any atom is 0.490 e. The first-order valence-electron chi connectivity index (χ1n) is 17.5. The summed E-state index contributed by atoms with van der Waals surface area (Å²) < 4.78 is 65.4. The lowest BCUT2D eigenvalue weighted by Crippen LogP contribution is -2.36. The van der Waals surface area contributed by atoms with Crippen molar-refractivity contribution in [3.8, 4) is 11.8 Å². The lowest BCUT2D eigenvalue weighted by molar-refractivity contribution is -0.0385. The van der Waals surface area contributed by atoms with Crippen molar-refractivity contribution in [1.82, 2.24) is 20.6 Å². The smallest absolute Gasteiger partial charge is 0.370 e. The highest BCUT2D eigenvalue weighted by atomic mass is 33.1. The van der Waals surface area contributed by atoms with E-state index in [1.807, 2.05) is 10.8 Å². The predicted octanol–water partition coefficient (Wildman–Crippen LogP) is 3.79. The van der Waals surface area contributed by atoms with Gasteiger partial charge in [0.15, 0.2) is 0 Å².